The lowest BCUT2D eigenvalue weighted by molar-refractivity contribution is 0.211. The smallest absolute Gasteiger partial charge is 0.122 e. The molecule has 4 heteroatoms. The summed E-state index contributed by atoms with van der Waals surface area (Å²) in [6.45, 7) is 2.98. The van der Waals surface area contributed by atoms with E-state index in [-0.39, 0.29) is 0 Å². The monoisotopic (exact) mass is 359 g/mol. The average molecular weight is 360 g/mol. The van der Waals surface area contributed by atoms with Gasteiger partial charge in [0.1, 0.15) is 11.5 Å². The molecule has 0 fully saturated rings. The van der Waals surface area contributed by atoms with Crippen LogP contribution in [0, 0.1) is 6.92 Å². The first-order chi connectivity index (χ1) is 12.0. The molecule has 0 bridgehead atoms. The molecule has 0 spiro atoms. The van der Waals surface area contributed by atoms with Crippen LogP contribution >= 0.6 is 11.6 Å². The van der Waals surface area contributed by atoms with Crippen LogP contribution in [-0.2, 0) is 19.4 Å². The van der Waals surface area contributed by atoms with E-state index in [1.54, 1.807) is 14.2 Å². The second-order valence-electron chi connectivity index (χ2n) is 6.88. The highest BCUT2D eigenvalue weighted by atomic mass is 35.5. The Balaban J connectivity index is 1.79. The van der Waals surface area contributed by atoms with Crippen molar-refractivity contribution in [1.82, 2.24) is 4.90 Å². The number of ether oxygens (including phenoxy) is 2. The number of fused-ring (bicyclic) bond motifs is 1. The lowest BCUT2D eigenvalue weighted by atomic mass is 9.86. The fourth-order valence-corrected chi connectivity index (χ4v) is 4.19. The lowest BCUT2D eigenvalue weighted by Gasteiger charge is -2.34. The summed E-state index contributed by atoms with van der Waals surface area (Å²) in [5.41, 5.74) is 5.05. The van der Waals surface area contributed by atoms with Gasteiger partial charge in [0.2, 0.25) is 0 Å². The lowest BCUT2D eigenvalue weighted by Crippen LogP contribution is -2.36. The number of benzene rings is 2. The maximum absolute atomic E-state index is 6.21. The first-order valence-electron chi connectivity index (χ1n) is 8.71. The molecular formula is C21H26ClNO2. The Kier molecular flexibility index (Phi) is 5.55. The molecule has 0 aliphatic heterocycles. The summed E-state index contributed by atoms with van der Waals surface area (Å²) in [6.07, 6.45) is 3.11. The molecule has 0 radical (unpaired) electrons. The van der Waals surface area contributed by atoms with Crippen LogP contribution in [0.5, 0.6) is 11.5 Å². The van der Waals surface area contributed by atoms with Gasteiger partial charge >= 0.3 is 0 Å². The van der Waals surface area contributed by atoms with Gasteiger partial charge in [0.15, 0.2) is 0 Å². The maximum atomic E-state index is 6.21. The minimum atomic E-state index is 0.479. The Morgan fingerprint density at radius 1 is 1.08 bits per heavy atom. The highest BCUT2D eigenvalue weighted by molar-refractivity contribution is 6.30. The normalized spacial score (nSPS) is 16.6. The van der Waals surface area contributed by atoms with E-state index in [4.69, 9.17) is 21.1 Å². The van der Waals surface area contributed by atoms with E-state index in [0.717, 1.165) is 42.3 Å². The van der Waals surface area contributed by atoms with Crippen LogP contribution in [0.25, 0.3) is 0 Å². The van der Waals surface area contributed by atoms with Gasteiger partial charge in [0.05, 0.1) is 14.2 Å². The van der Waals surface area contributed by atoms with Crippen LogP contribution in [0.1, 0.15) is 28.7 Å². The van der Waals surface area contributed by atoms with Crippen molar-refractivity contribution in [2.75, 3.05) is 21.3 Å². The molecule has 1 aliphatic carbocycles. The van der Waals surface area contributed by atoms with E-state index in [1.807, 2.05) is 18.2 Å². The summed E-state index contributed by atoms with van der Waals surface area (Å²) < 4.78 is 11.1. The van der Waals surface area contributed by atoms with E-state index in [9.17, 15) is 0 Å². The minimum Gasteiger partial charge on any atom is -0.496 e. The molecule has 0 heterocycles. The van der Waals surface area contributed by atoms with Gasteiger partial charge in [-0.05, 0) is 68.6 Å². The van der Waals surface area contributed by atoms with E-state index in [1.165, 1.54) is 22.3 Å². The van der Waals surface area contributed by atoms with Crippen LogP contribution in [0.4, 0.5) is 0 Å². The van der Waals surface area contributed by atoms with Gasteiger partial charge in [-0.3, -0.25) is 4.90 Å². The van der Waals surface area contributed by atoms with Gasteiger partial charge in [-0.25, -0.2) is 0 Å². The number of hydrogen-bond donors (Lipinski definition) is 0. The molecule has 0 saturated heterocycles. The average Bonchev–Trinajstić information content (AvgIpc) is 2.59. The molecule has 0 amide bonds. The Bertz CT molecular complexity index is 740. The zero-order valence-corrected chi connectivity index (χ0v) is 16.2. The third-order valence-electron chi connectivity index (χ3n) is 5.11. The summed E-state index contributed by atoms with van der Waals surface area (Å²) in [4.78, 5) is 2.42. The predicted molar refractivity (Wildman–Crippen MR) is 103 cm³/mol. The van der Waals surface area contributed by atoms with Crippen molar-refractivity contribution in [3.63, 3.8) is 0 Å². The van der Waals surface area contributed by atoms with E-state index < -0.39 is 0 Å². The molecule has 0 aromatic heterocycles. The van der Waals surface area contributed by atoms with Gasteiger partial charge in [0, 0.05) is 28.7 Å². The van der Waals surface area contributed by atoms with Crippen molar-refractivity contribution in [1.29, 1.82) is 0 Å². The third-order valence-corrected chi connectivity index (χ3v) is 5.33. The molecule has 1 unspecified atom stereocenters. The molecule has 1 aliphatic rings. The molecule has 1 atom stereocenters. The number of likely N-dealkylation sites (N-methyl/N-ethyl adjacent to an activating group) is 1. The number of halogens is 1. The molecule has 0 saturated carbocycles. The Morgan fingerprint density at radius 3 is 2.40 bits per heavy atom. The highest BCUT2D eigenvalue weighted by Crippen LogP contribution is 2.37. The van der Waals surface area contributed by atoms with Crippen molar-refractivity contribution in [3.8, 4) is 11.5 Å². The number of methoxy groups -OCH3 is 2. The van der Waals surface area contributed by atoms with Crippen molar-refractivity contribution in [3.05, 3.63) is 57.6 Å². The van der Waals surface area contributed by atoms with Gasteiger partial charge in [0.25, 0.3) is 0 Å². The fraction of sp³-hybridized carbons (Fsp3) is 0.429. The SMILES string of the molecule is COc1ccc(OC)c2c1CCC(N(C)Cc1cc(C)cc(Cl)c1)C2. The van der Waals surface area contributed by atoms with Crippen molar-refractivity contribution in [2.45, 2.75) is 38.8 Å². The summed E-state index contributed by atoms with van der Waals surface area (Å²) in [5.74, 6) is 1.94. The number of rotatable bonds is 5. The van der Waals surface area contributed by atoms with Crippen molar-refractivity contribution >= 4 is 11.6 Å². The summed E-state index contributed by atoms with van der Waals surface area (Å²) >= 11 is 6.21. The van der Waals surface area contributed by atoms with Gasteiger partial charge in [-0.1, -0.05) is 17.7 Å². The first kappa shape index (κ1) is 18.1. The molecule has 3 rings (SSSR count). The summed E-state index contributed by atoms with van der Waals surface area (Å²) in [6, 6.07) is 10.8. The van der Waals surface area contributed by atoms with Crippen LogP contribution in [-0.4, -0.2) is 32.2 Å². The summed E-state index contributed by atoms with van der Waals surface area (Å²) in [5, 5.41) is 0.809. The molecule has 134 valence electrons. The van der Waals surface area contributed by atoms with Crippen molar-refractivity contribution in [2.24, 2.45) is 0 Å². The first-order valence-corrected chi connectivity index (χ1v) is 9.08. The minimum absolute atomic E-state index is 0.479. The standard InChI is InChI=1S/C21H26ClNO2/c1-14-9-15(11-16(22)10-14)13-23(2)17-5-6-18-19(12-17)21(25-4)8-7-20(18)24-3/h7-11,17H,5-6,12-13H2,1-4H3. The second-order valence-corrected chi connectivity index (χ2v) is 7.31. The maximum Gasteiger partial charge on any atom is 0.122 e. The third kappa shape index (κ3) is 3.94. The van der Waals surface area contributed by atoms with E-state index in [0.29, 0.717) is 6.04 Å². The molecule has 0 N–H and O–H groups in total. The molecular weight excluding hydrogens is 334 g/mol. The van der Waals surface area contributed by atoms with Crippen LogP contribution < -0.4 is 9.47 Å². The van der Waals surface area contributed by atoms with Crippen LogP contribution in [0.15, 0.2) is 30.3 Å². The molecule has 3 nitrogen and oxygen atoms in total. The molecule has 25 heavy (non-hydrogen) atoms. The zero-order chi connectivity index (χ0) is 18.0. The van der Waals surface area contributed by atoms with Gasteiger partial charge < -0.3 is 9.47 Å². The fourth-order valence-electron chi connectivity index (χ4n) is 3.88. The Hall–Kier alpha value is -1.71. The Morgan fingerprint density at radius 2 is 1.76 bits per heavy atom. The van der Waals surface area contributed by atoms with E-state index >= 15 is 0 Å². The van der Waals surface area contributed by atoms with Crippen LogP contribution in [0.2, 0.25) is 5.02 Å². The number of hydrogen-bond acceptors (Lipinski definition) is 3. The Labute approximate surface area is 155 Å². The topological polar surface area (TPSA) is 21.7 Å². The zero-order valence-electron chi connectivity index (χ0n) is 15.4. The van der Waals surface area contributed by atoms with Crippen LogP contribution in [0.3, 0.4) is 0 Å². The predicted octanol–water partition coefficient (Wildman–Crippen LogP) is 4.65. The van der Waals surface area contributed by atoms with Gasteiger partial charge in [-0.2, -0.15) is 0 Å². The molecule has 2 aromatic rings. The quantitative estimate of drug-likeness (QED) is 0.775. The summed E-state index contributed by atoms with van der Waals surface area (Å²) in [7, 11) is 5.67. The van der Waals surface area contributed by atoms with E-state index in [2.05, 4.69) is 31.0 Å². The van der Waals surface area contributed by atoms with Crippen molar-refractivity contribution < 1.29 is 9.47 Å². The second kappa shape index (κ2) is 7.67. The number of aryl methyl sites for hydroxylation is 1. The highest BCUT2D eigenvalue weighted by Gasteiger charge is 2.27. The number of nitrogens with zero attached hydrogens (tertiary/aromatic N) is 1. The largest absolute Gasteiger partial charge is 0.496 e. The molecule has 2 aromatic carbocycles. The van der Waals surface area contributed by atoms with Gasteiger partial charge in [-0.15, -0.1) is 0 Å².